The molecule has 0 spiro atoms. The summed E-state index contributed by atoms with van der Waals surface area (Å²) in [5.41, 5.74) is 0. The molecule has 0 N–H and O–H groups in total. The first-order chi connectivity index (χ1) is 4.86. The van der Waals surface area contributed by atoms with Crippen molar-refractivity contribution in [3.05, 3.63) is 0 Å². The van der Waals surface area contributed by atoms with Gasteiger partial charge < -0.3 is 4.74 Å². The van der Waals surface area contributed by atoms with Crippen LogP contribution < -0.4 is 0 Å². The van der Waals surface area contributed by atoms with E-state index in [4.69, 9.17) is 0 Å². The highest BCUT2D eigenvalue weighted by molar-refractivity contribution is 5.65. The van der Waals surface area contributed by atoms with E-state index < -0.39 is 24.9 Å². The summed E-state index contributed by atoms with van der Waals surface area (Å²) < 4.78 is 50.1. The molecule has 66 valence electrons. The van der Waals surface area contributed by atoms with E-state index in [1.165, 1.54) is 0 Å². The van der Waals surface area contributed by atoms with Crippen molar-refractivity contribution in [3.63, 3.8) is 0 Å². The van der Waals surface area contributed by atoms with Crippen LogP contribution in [0, 0.1) is 0 Å². The van der Waals surface area contributed by atoms with Gasteiger partial charge in [0.2, 0.25) is 0 Å². The van der Waals surface area contributed by atoms with Crippen LogP contribution in [-0.4, -0.2) is 24.9 Å². The maximum absolute atomic E-state index is 11.9. The van der Waals surface area contributed by atoms with E-state index in [2.05, 4.69) is 4.74 Å². The Morgan fingerprint density at radius 2 is 2.00 bits per heavy atom. The van der Waals surface area contributed by atoms with E-state index in [1.54, 1.807) is 0 Å². The SMILES string of the molecule is CC(=O)OCC(F)(F)C(F)F. The van der Waals surface area contributed by atoms with E-state index >= 15 is 0 Å². The number of ether oxygens (including phenoxy) is 1. The summed E-state index contributed by atoms with van der Waals surface area (Å²) in [5, 5.41) is 0. The third-order valence-electron chi connectivity index (χ3n) is 0.787. The second-order valence-electron chi connectivity index (χ2n) is 1.84. The second-order valence-corrected chi connectivity index (χ2v) is 1.84. The van der Waals surface area contributed by atoms with E-state index in [9.17, 15) is 22.4 Å². The van der Waals surface area contributed by atoms with Crippen molar-refractivity contribution < 1.29 is 27.1 Å². The summed E-state index contributed by atoms with van der Waals surface area (Å²) in [4.78, 5) is 9.91. The Balaban J connectivity index is 3.82. The van der Waals surface area contributed by atoms with Gasteiger partial charge in [-0.25, -0.2) is 8.78 Å². The average molecular weight is 174 g/mol. The molecule has 11 heavy (non-hydrogen) atoms. The molecule has 0 aliphatic carbocycles. The first-order valence-electron chi connectivity index (χ1n) is 2.65. The van der Waals surface area contributed by atoms with Crippen molar-refractivity contribution in [1.82, 2.24) is 0 Å². The normalized spacial score (nSPS) is 11.8. The third-order valence-corrected chi connectivity index (χ3v) is 0.787. The van der Waals surface area contributed by atoms with Gasteiger partial charge in [-0.2, -0.15) is 8.78 Å². The predicted molar refractivity (Wildman–Crippen MR) is 27.6 cm³/mol. The molecule has 0 aliphatic rings. The lowest BCUT2D eigenvalue weighted by Gasteiger charge is -2.13. The van der Waals surface area contributed by atoms with Gasteiger partial charge in [0.15, 0.2) is 6.61 Å². The highest BCUT2D eigenvalue weighted by Crippen LogP contribution is 2.22. The van der Waals surface area contributed by atoms with Crippen molar-refractivity contribution in [2.45, 2.75) is 19.3 Å². The Labute approximate surface area is 60.1 Å². The van der Waals surface area contributed by atoms with Gasteiger partial charge in [-0.1, -0.05) is 0 Å². The fourth-order valence-corrected chi connectivity index (χ4v) is 0.261. The van der Waals surface area contributed by atoms with Crippen molar-refractivity contribution in [3.8, 4) is 0 Å². The van der Waals surface area contributed by atoms with Crippen LogP contribution in [0.15, 0.2) is 0 Å². The molecule has 0 unspecified atom stereocenters. The lowest BCUT2D eigenvalue weighted by atomic mass is 10.4. The van der Waals surface area contributed by atoms with Crippen LogP contribution in [0.1, 0.15) is 6.92 Å². The number of hydrogen-bond acceptors (Lipinski definition) is 2. The average Bonchev–Trinajstić information content (AvgIpc) is 1.84. The molecule has 2 nitrogen and oxygen atoms in total. The Bertz CT molecular complexity index is 145. The molecule has 0 saturated heterocycles. The lowest BCUT2D eigenvalue weighted by Crippen LogP contribution is -2.33. The molecule has 0 aromatic rings. The molecule has 0 atom stereocenters. The molecule has 0 bridgehead atoms. The summed E-state index contributed by atoms with van der Waals surface area (Å²) in [7, 11) is 0. The fraction of sp³-hybridized carbons (Fsp3) is 0.800. The Hall–Kier alpha value is -0.810. The Morgan fingerprint density at radius 3 is 2.27 bits per heavy atom. The predicted octanol–water partition coefficient (Wildman–Crippen LogP) is 1.45. The van der Waals surface area contributed by atoms with Crippen LogP contribution in [0.25, 0.3) is 0 Å². The highest BCUT2D eigenvalue weighted by Gasteiger charge is 2.41. The van der Waals surface area contributed by atoms with E-state index in [0.29, 0.717) is 0 Å². The van der Waals surface area contributed by atoms with Crippen LogP contribution in [0.4, 0.5) is 17.6 Å². The molecule has 0 rings (SSSR count). The number of esters is 1. The maximum atomic E-state index is 11.9. The molecule has 0 fully saturated rings. The summed E-state index contributed by atoms with van der Waals surface area (Å²) in [6, 6.07) is 0. The summed E-state index contributed by atoms with van der Waals surface area (Å²) in [5.74, 6) is -5.25. The molecule has 0 heterocycles. The lowest BCUT2D eigenvalue weighted by molar-refractivity contribution is -0.177. The van der Waals surface area contributed by atoms with Crippen LogP contribution in [0.2, 0.25) is 0 Å². The number of carbonyl (C=O) groups excluding carboxylic acids is 1. The number of alkyl halides is 4. The third kappa shape index (κ3) is 3.79. The summed E-state index contributed by atoms with van der Waals surface area (Å²) in [6.07, 6.45) is -3.80. The zero-order valence-electron chi connectivity index (χ0n) is 5.61. The molecule has 0 radical (unpaired) electrons. The molecule has 0 saturated carbocycles. The monoisotopic (exact) mass is 174 g/mol. The second kappa shape index (κ2) is 3.54. The van der Waals surface area contributed by atoms with Gasteiger partial charge in [-0.05, 0) is 0 Å². The minimum absolute atomic E-state index is 0.863. The van der Waals surface area contributed by atoms with E-state index in [0.717, 1.165) is 6.92 Å². The number of hydrogen-bond donors (Lipinski definition) is 0. The van der Waals surface area contributed by atoms with Crippen molar-refractivity contribution in [2.24, 2.45) is 0 Å². The summed E-state index contributed by atoms with van der Waals surface area (Å²) >= 11 is 0. The van der Waals surface area contributed by atoms with Gasteiger partial charge >= 0.3 is 18.3 Å². The minimum Gasteiger partial charge on any atom is -0.459 e. The van der Waals surface area contributed by atoms with Crippen LogP contribution in [0.5, 0.6) is 0 Å². The Kier molecular flexibility index (Phi) is 3.28. The first-order valence-corrected chi connectivity index (χ1v) is 2.65. The van der Waals surface area contributed by atoms with Gasteiger partial charge in [0.25, 0.3) is 0 Å². The molecule has 6 heteroatoms. The van der Waals surface area contributed by atoms with E-state index in [-0.39, 0.29) is 0 Å². The first kappa shape index (κ1) is 10.2. The molecule has 0 aromatic carbocycles. The van der Waals surface area contributed by atoms with Crippen LogP contribution >= 0.6 is 0 Å². The zero-order valence-corrected chi connectivity index (χ0v) is 5.61. The standard InChI is InChI=1S/C5H6F4O2/c1-3(10)11-2-5(8,9)4(6)7/h4H,2H2,1H3. The van der Waals surface area contributed by atoms with Crippen molar-refractivity contribution in [1.29, 1.82) is 0 Å². The number of halogens is 4. The number of rotatable bonds is 3. The molecule has 0 aromatic heterocycles. The van der Waals surface area contributed by atoms with E-state index in [1.807, 2.05) is 0 Å². The quantitative estimate of drug-likeness (QED) is 0.478. The van der Waals surface area contributed by atoms with Crippen molar-refractivity contribution >= 4 is 5.97 Å². The molecular formula is C5H6F4O2. The van der Waals surface area contributed by atoms with Gasteiger partial charge in [0.1, 0.15) is 0 Å². The van der Waals surface area contributed by atoms with Gasteiger partial charge in [-0.3, -0.25) is 4.79 Å². The van der Waals surface area contributed by atoms with Gasteiger partial charge in [-0.15, -0.1) is 0 Å². The summed E-state index contributed by atoms with van der Waals surface area (Å²) in [6.45, 7) is -0.707. The van der Waals surface area contributed by atoms with Crippen LogP contribution in [0.3, 0.4) is 0 Å². The molecular weight excluding hydrogens is 168 g/mol. The molecule has 0 amide bonds. The number of carbonyl (C=O) groups is 1. The van der Waals surface area contributed by atoms with Crippen molar-refractivity contribution in [2.75, 3.05) is 6.61 Å². The largest absolute Gasteiger partial charge is 0.459 e. The topological polar surface area (TPSA) is 26.3 Å². The maximum Gasteiger partial charge on any atom is 0.340 e. The van der Waals surface area contributed by atoms with Gasteiger partial charge in [0, 0.05) is 6.92 Å². The minimum atomic E-state index is -4.24. The Morgan fingerprint density at radius 1 is 1.55 bits per heavy atom. The van der Waals surface area contributed by atoms with Crippen LogP contribution in [-0.2, 0) is 9.53 Å². The zero-order chi connectivity index (χ0) is 9.07. The van der Waals surface area contributed by atoms with Gasteiger partial charge in [0.05, 0.1) is 0 Å². The highest BCUT2D eigenvalue weighted by atomic mass is 19.3. The smallest absolute Gasteiger partial charge is 0.340 e. The fourth-order valence-electron chi connectivity index (χ4n) is 0.261. The molecule has 0 aliphatic heterocycles.